The van der Waals surface area contributed by atoms with Crippen molar-refractivity contribution in [1.82, 2.24) is 10.7 Å². The first-order chi connectivity index (χ1) is 13.5. The Morgan fingerprint density at radius 2 is 1.75 bits per heavy atom. The minimum absolute atomic E-state index is 0.203. The lowest BCUT2D eigenvalue weighted by Gasteiger charge is -2.04. The van der Waals surface area contributed by atoms with Gasteiger partial charge in [0.25, 0.3) is 0 Å². The summed E-state index contributed by atoms with van der Waals surface area (Å²) >= 11 is 11.8. The van der Waals surface area contributed by atoms with Crippen molar-refractivity contribution in [3.8, 4) is 11.3 Å². The van der Waals surface area contributed by atoms with Gasteiger partial charge < -0.3 is 9.73 Å². The smallest absolute Gasteiger partial charge is 0.329 e. The number of carbonyl (C=O) groups excluding carboxylic acids is 2. The van der Waals surface area contributed by atoms with Gasteiger partial charge in [0.15, 0.2) is 0 Å². The molecule has 1 heterocycles. The van der Waals surface area contributed by atoms with Crippen LogP contribution in [0.1, 0.15) is 11.3 Å². The number of nitrogens with one attached hydrogen (secondary N) is 2. The van der Waals surface area contributed by atoms with E-state index in [0.717, 1.165) is 11.1 Å². The molecule has 28 heavy (non-hydrogen) atoms. The number of carbonyl (C=O) groups is 2. The predicted octanol–water partition coefficient (Wildman–Crippen LogP) is 4.02. The van der Waals surface area contributed by atoms with E-state index in [4.69, 9.17) is 27.6 Å². The van der Waals surface area contributed by atoms with Crippen molar-refractivity contribution in [3.63, 3.8) is 0 Å². The lowest BCUT2D eigenvalue weighted by Crippen LogP contribution is -2.37. The Kier molecular flexibility index (Phi) is 6.47. The minimum Gasteiger partial charge on any atom is -0.455 e. The normalized spacial score (nSPS) is 10.8. The number of hydrazone groups is 1. The van der Waals surface area contributed by atoms with Crippen LogP contribution >= 0.6 is 23.2 Å². The first kappa shape index (κ1) is 19.7. The molecule has 2 N–H and O–H groups in total. The molecule has 3 rings (SSSR count). The van der Waals surface area contributed by atoms with Crippen molar-refractivity contribution in [1.29, 1.82) is 0 Å². The Balaban J connectivity index is 1.50. The van der Waals surface area contributed by atoms with E-state index >= 15 is 0 Å². The van der Waals surface area contributed by atoms with Crippen molar-refractivity contribution < 1.29 is 14.0 Å². The maximum atomic E-state index is 11.8. The minimum atomic E-state index is -0.883. The van der Waals surface area contributed by atoms with Crippen molar-refractivity contribution in [2.24, 2.45) is 5.10 Å². The molecule has 0 bridgehead atoms. The molecule has 6 nitrogen and oxygen atoms in total. The third-order valence-corrected chi connectivity index (χ3v) is 4.15. The molecule has 2 aromatic carbocycles. The van der Waals surface area contributed by atoms with Gasteiger partial charge in [-0.2, -0.15) is 5.10 Å². The Hall–Kier alpha value is -3.09. The van der Waals surface area contributed by atoms with Gasteiger partial charge in [-0.3, -0.25) is 9.59 Å². The summed E-state index contributed by atoms with van der Waals surface area (Å²) in [6, 6.07) is 17.6. The zero-order chi connectivity index (χ0) is 19.9. The van der Waals surface area contributed by atoms with Crippen LogP contribution < -0.4 is 10.7 Å². The van der Waals surface area contributed by atoms with Crippen molar-refractivity contribution in [2.75, 3.05) is 0 Å². The molecule has 0 spiro atoms. The van der Waals surface area contributed by atoms with Crippen LogP contribution in [0.25, 0.3) is 11.3 Å². The number of benzene rings is 2. The zero-order valence-electron chi connectivity index (χ0n) is 14.5. The molecule has 0 radical (unpaired) electrons. The molecule has 142 valence electrons. The fourth-order valence-electron chi connectivity index (χ4n) is 2.29. The molecule has 0 fully saturated rings. The molecule has 0 saturated carbocycles. The van der Waals surface area contributed by atoms with Gasteiger partial charge >= 0.3 is 11.8 Å². The lowest BCUT2D eigenvalue weighted by molar-refractivity contribution is -0.139. The van der Waals surface area contributed by atoms with E-state index < -0.39 is 11.8 Å². The van der Waals surface area contributed by atoms with Gasteiger partial charge in [-0.1, -0.05) is 47.5 Å². The van der Waals surface area contributed by atoms with Crippen molar-refractivity contribution in [2.45, 2.75) is 6.54 Å². The molecule has 0 aliphatic carbocycles. The molecule has 0 aliphatic rings. The van der Waals surface area contributed by atoms with E-state index in [-0.39, 0.29) is 6.54 Å². The first-order valence-corrected chi connectivity index (χ1v) is 8.98. The second-order valence-electron chi connectivity index (χ2n) is 5.72. The highest BCUT2D eigenvalue weighted by molar-refractivity contribution is 6.35. The fraction of sp³-hybridized carbons (Fsp3) is 0.0500. The van der Waals surface area contributed by atoms with Gasteiger partial charge in [0, 0.05) is 22.2 Å². The third-order valence-electron chi connectivity index (χ3n) is 3.67. The zero-order valence-corrected chi connectivity index (χ0v) is 16.0. The van der Waals surface area contributed by atoms with Crippen molar-refractivity contribution in [3.05, 3.63) is 82.0 Å². The van der Waals surface area contributed by atoms with Gasteiger partial charge in [-0.25, -0.2) is 5.43 Å². The number of halogens is 2. The molecule has 3 aromatic rings. The Labute approximate surface area is 171 Å². The van der Waals surface area contributed by atoms with Crippen LogP contribution in [0.4, 0.5) is 0 Å². The number of nitrogens with zero attached hydrogens (tertiary/aromatic N) is 1. The standard InChI is InChI=1S/C20H15Cl2N3O3/c21-15-6-4-13(5-7-15)11-23-19(26)20(27)25-24-12-17-8-9-18(28-17)14-2-1-3-16(22)10-14/h1-10,12H,11H2,(H,23,26)(H,25,27)/b24-12+. The van der Waals surface area contributed by atoms with Crippen LogP contribution in [0.5, 0.6) is 0 Å². The number of hydrogen-bond donors (Lipinski definition) is 2. The topological polar surface area (TPSA) is 83.7 Å². The van der Waals surface area contributed by atoms with Gasteiger partial charge in [0.1, 0.15) is 11.5 Å². The molecular formula is C20H15Cl2N3O3. The van der Waals surface area contributed by atoms with E-state index in [2.05, 4.69) is 15.8 Å². The monoisotopic (exact) mass is 415 g/mol. The molecule has 1 aromatic heterocycles. The highest BCUT2D eigenvalue weighted by Crippen LogP contribution is 2.24. The average Bonchev–Trinajstić information content (AvgIpc) is 3.16. The van der Waals surface area contributed by atoms with Gasteiger partial charge in [0.05, 0.1) is 6.21 Å². The number of hydrogen-bond acceptors (Lipinski definition) is 4. The van der Waals surface area contributed by atoms with E-state index in [1.165, 1.54) is 6.21 Å². The van der Waals surface area contributed by atoms with E-state index in [9.17, 15) is 9.59 Å². The molecule has 0 atom stereocenters. The second-order valence-corrected chi connectivity index (χ2v) is 6.59. The van der Waals surface area contributed by atoms with Gasteiger partial charge in [0.2, 0.25) is 0 Å². The summed E-state index contributed by atoms with van der Waals surface area (Å²) in [4.78, 5) is 23.6. The Morgan fingerprint density at radius 3 is 2.50 bits per heavy atom. The van der Waals surface area contributed by atoms with Crippen LogP contribution in [0.2, 0.25) is 10.0 Å². The van der Waals surface area contributed by atoms with Gasteiger partial charge in [-0.15, -0.1) is 0 Å². The number of amides is 2. The summed E-state index contributed by atoms with van der Waals surface area (Å²) in [5, 5.41) is 7.42. The van der Waals surface area contributed by atoms with Crippen LogP contribution in [0, 0.1) is 0 Å². The molecule has 0 saturated heterocycles. The summed E-state index contributed by atoms with van der Waals surface area (Å²) in [5.41, 5.74) is 3.79. The lowest BCUT2D eigenvalue weighted by atomic mass is 10.2. The highest BCUT2D eigenvalue weighted by Gasteiger charge is 2.12. The quantitative estimate of drug-likeness (QED) is 0.374. The summed E-state index contributed by atoms with van der Waals surface area (Å²) in [6.45, 7) is 0.203. The Morgan fingerprint density at radius 1 is 0.964 bits per heavy atom. The largest absolute Gasteiger partial charge is 0.455 e. The van der Waals surface area contributed by atoms with Crippen LogP contribution in [-0.4, -0.2) is 18.0 Å². The average molecular weight is 416 g/mol. The first-order valence-electron chi connectivity index (χ1n) is 8.23. The fourth-order valence-corrected chi connectivity index (χ4v) is 2.61. The predicted molar refractivity (Wildman–Crippen MR) is 108 cm³/mol. The molecule has 0 unspecified atom stereocenters. The summed E-state index contributed by atoms with van der Waals surface area (Å²) in [5.74, 6) is -0.661. The third kappa shape index (κ3) is 5.45. The molecule has 0 aliphatic heterocycles. The molecular weight excluding hydrogens is 401 g/mol. The maximum Gasteiger partial charge on any atom is 0.329 e. The van der Waals surface area contributed by atoms with E-state index in [1.54, 1.807) is 48.5 Å². The van der Waals surface area contributed by atoms with E-state index in [0.29, 0.717) is 21.6 Å². The maximum absolute atomic E-state index is 11.8. The number of furan rings is 1. The number of rotatable bonds is 5. The molecule has 8 heteroatoms. The Bertz CT molecular complexity index is 1010. The summed E-state index contributed by atoms with van der Waals surface area (Å²) < 4.78 is 5.61. The van der Waals surface area contributed by atoms with Crippen LogP contribution in [0.15, 0.2) is 70.2 Å². The van der Waals surface area contributed by atoms with E-state index in [1.807, 2.05) is 12.1 Å². The second kappa shape index (κ2) is 9.21. The van der Waals surface area contributed by atoms with Crippen LogP contribution in [0.3, 0.4) is 0 Å². The highest BCUT2D eigenvalue weighted by atomic mass is 35.5. The summed E-state index contributed by atoms with van der Waals surface area (Å²) in [6.07, 6.45) is 1.30. The molecule has 2 amide bonds. The van der Waals surface area contributed by atoms with Crippen LogP contribution in [-0.2, 0) is 16.1 Å². The summed E-state index contributed by atoms with van der Waals surface area (Å²) in [7, 11) is 0. The SMILES string of the molecule is O=C(NCc1ccc(Cl)cc1)C(=O)N/N=C/c1ccc(-c2cccc(Cl)c2)o1. The van der Waals surface area contributed by atoms with Gasteiger partial charge in [-0.05, 0) is 42.0 Å². The van der Waals surface area contributed by atoms with Crippen molar-refractivity contribution >= 4 is 41.2 Å².